The Morgan fingerprint density at radius 1 is 0.889 bits per heavy atom. The predicted molar refractivity (Wildman–Crippen MR) is 104 cm³/mol. The molecule has 2 aromatic carbocycles. The van der Waals surface area contributed by atoms with Crippen molar-refractivity contribution in [1.29, 1.82) is 0 Å². The van der Waals surface area contributed by atoms with Gasteiger partial charge < -0.3 is 4.42 Å². The van der Waals surface area contributed by atoms with Crippen molar-refractivity contribution in [2.24, 2.45) is 0 Å². The number of hydrogen-bond donors (Lipinski definition) is 0. The molecule has 0 saturated carbocycles. The van der Waals surface area contributed by atoms with Gasteiger partial charge in [0.2, 0.25) is 0 Å². The van der Waals surface area contributed by atoms with Gasteiger partial charge in [0, 0.05) is 28.7 Å². The van der Waals surface area contributed by atoms with Crippen LogP contribution in [0.25, 0.3) is 33.3 Å². The quantitative estimate of drug-likeness (QED) is 0.460. The zero-order valence-electron chi connectivity index (χ0n) is 14.1. The Balaban J connectivity index is 1.72. The molecule has 5 nitrogen and oxygen atoms in total. The average Bonchev–Trinajstić information content (AvgIpc) is 3.33. The van der Waals surface area contributed by atoms with Gasteiger partial charge in [-0.2, -0.15) is 0 Å². The van der Waals surface area contributed by atoms with Crippen LogP contribution in [-0.2, 0) is 10.0 Å². The van der Waals surface area contributed by atoms with Crippen LogP contribution in [-0.4, -0.2) is 17.4 Å². The number of pyridine rings is 1. The van der Waals surface area contributed by atoms with E-state index in [4.69, 9.17) is 4.42 Å². The second-order valence-electron chi connectivity index (χ2n) is 6.17. The Kier molecular flexibility index (Phi) is 3.42. The lowest BCUT2D eigenvalue weighted by Gasteiger charge is -2.07. The lowest BCUT2D eigenvalue weighted by Crippen LogP contribution is -2.12. The Morgan fingerprint density at radius 2 is 1.67 bits per heavy atom. The van der Waals surface area contributed by atoms with Crippen molar-refractivity contribution in [2.45, 2.75) is 4.90 Å². The lowest BCUT2D eigenvalue weighted by atomic mass is 10.1. The Bertz CT molecular complexity index is 1350. The third kappa shape index (κ3) is 2.45. The molecule has 0 spiro atoms. The van der Waals surface area contributed by atoms with E-state index in [0.29, 0.717) is 11.4 Å². The highest BCUT2D eigenvalue weighted by Crippen LogP contribution is 2.33. The molecule has 0 amide bonds. The largest absolute Gasteiger partial charge is 0.456 e. The van der Waals surface area contributed by atoms with Crippen molar-refractivity contribution in [3.05, 3.63) is 85.2 Å². The maximum atomic E-state index is 13.0. The van der Waals surface area contributed by atoms with Crippen LogP contribution < -0.4 is 0 Å². The fraction of sp³-hybridized carbons (Fsp3) is 0. The summed E-state index contributed by atoms with van der Waals surface area (Å²) in [7, 11) is -3.72. The van der Waals surface area contributed by atoms with Crippen molar-refractivity contribution in [1.82, 2.24) is 8.96 Å². The standard InChI is InChI=1S/C21H14N2O3S/c24-27(25,16-7-2-1-3-8-16)23-13-11-18-17(10-12-22-21(18)23)20-14-15-6-4-5-9-19(15)26-20/h1-14H. The van der Waals surface area contributed by atoms with Crippen LogP contribution in [0, 0.1) is 0 Å². The number of fused-ring (bicyclic) bond motifs is 2. The smallest absolute Gasteiger partial charge is 0.269 e. The molecule has 0 bridgehead atoms. The number of furan rings is 1. The van der Waals surface area contributed by atoms with Crippen molar-refractivity contribution in [3.63, 3.8) is 0 Å². The molecule has 0 aliphatic heterocycles. The van der Waals surface area contributed by atoms with Gasteiger partial charge in [0.15, 0.2) is 5.65 Å². The van der Waals surface area contributed by atoms with Crippen LogP contribution in [0.3, 0.4) is 0 Å². The SMILES string of the molecule is O=S(=O)(c1ccccc1)n1ccc2c(-c3cc4ccccc4o3)ccnc21. The van der Waals surface area contributed by atoms with Crippen molar-refractivity contribution >= 4 is 32.0 Å². The Labute approximate surface area is 155 Å². The molecular weight excluding hydrogens is 360 g/mol. The van der Waals surface area contributed by atoms with Crippen LogP contribution in [0.2, 0.25) is 0 Å². The minimum absolute atomic E-state index is 0.221. The van der Waals surface area contributed by atoms with Crippen LogP contribution in [0.5, 0.6) is 0 Å². The van der Waals surface area contributed by atoms with Gasteiger partial charge in [-0.25, -0.2) is 17.4 Å². The summed E-state index contributed by atoms with van der Waals surface area (Å²) in [6, 6.07) is 21.6. The second-order valence-corrected chi connectivity index (χ2v) is 7.99. The summed E-state index contributed by atoms with van der Waals surface area (Å²) in [5, 5.41) is 1.71. The molecule has 5 rings (SSSR count). The molecule has 132 valence electrons. The Morgan fingerprint density at radius 3 is 2.48 bits per heavy atom. The highest BCUT2D eigenvalue weighted by Gasteiger charge is 2.21. The summed E-state index contributed by atoms with van der Waals surface area (Å²) >= 11 is 0. The fourth-order valence-electron chi connectivity index (χ4n) is 3.24. The first-order valence-electron chi connectivity index (χ1n) is 8.40. The number of rotatable bonds is 3. The number of nitrogens with zero attached hydrogens (tertiary/aromatic N) is 2. The first kappa shape index (κ1) is 15.8. The summed E-state index contributed by atoms with van der Waals surface area (Å²) in [5.74, 6) is 0.679. The molecule has 3 aromatic heterocycles. The normalized spacial score (nSPS) is 12.0. The van der Waals surface area contributed by atoms with Gasteiger partial charge in [-0.15, -0.1) is 0 Å². The number of para-hydroxylation sites is 1. The molecule has 0 aliphatic carbocycles. The summed E-state index contributed by atoms with van der Waals surface area (Å²) in [5.41, 5.74) is 1.96. The first-order chi connectivity index (χ1) is 13.1. The van der Waals surface area contributed by atoms with E-state index in [2.05, 4.69) is 4.98 Å². The highest BCUT2D eigenvalue weighted by molar-refractivity contribution is 7.90. The zero-order chi connectivity index (χ0) is 18.4. The second kappa shape index (κ2) is 5.82. The van der Waals surface area contributed by atoms with Gasteiger partial charge in [0.05, 0.1) is 4.90 Å². The number of benzene rings is 2. The van der Waals surface area contributed by atoms with Crippen LogP contribution in [0.1, 0.15) is 0 Å². The van der Waals surface area contributed by atoms with Gasteiger partial charge in [-0.3, -0.25) is 0 Å². The number of hydrogen-bond acceptors (Lipinski definition) is 4. The molecule has 3 heterocycles. The highest BCUT2D eigenvalue weighted by atomic mass is 32.2. The van der Waals surface area contributed by atoms with E-state index in [9.17, 15) is 8.42 Å². The minimum Gasteiger partial charge on any atom is -0.456 e. The van der Waals surface area contributed by atoms with Gasteiger partial charge in [-0.05, 0) is 36.4 Å². The van der Waals surface area contributed by atoms with Crippen LogP contribution in [0.4, 0.5) is 0 Å². The molecule has 5 aromatic rings. The van der Waals surface area contributed by atoms with E-state index in [-0.39, 0.29) is 4.90 Å². The molecule has 0 atom stereocenters. The van der Waals surface area contributed by atoms with E-state index in [1.807, 2.05) is 36.4 Å². The van der Waals surface area contributed by atoms with Crippen LogP contribution >= 0.6 is 0 Å². The van der Waals surface area contributed by atoms with Crippen molar-refractivity contribution in [2.75, 3.05) is 0 Å². The zero-order valence-corrected chi connectivity index (χ0v) is 14.9. The van der Waals surface area contributed by atoms with Gasteiger partial charge >= 0.3 is 0 Å². The molecular formula is C21H14N2O3S. The molecule has 0 unspecified atom stereocenters. The van der Waals surface area contributed by atoms with Crippen LogP contribution in [0.15, 0.2) is 94.5 Å². The molecule has 27 heavy (non-hydrogen) atoms. The monoisotopic (exact) mass is 374 g/mol. The van der Waals surface area contributed by atoms with E-state index in [1.165, 1.54) is 10.2 Å². The van der Waals surface area contributed by atoms with Crippen molar-refractivity contribution in [3.8, 4) is 11.3 Å². The maximum Gasteiger partial charge on any atom is 0.269 e. The van der Waals surface area contributed by atoms with E-state index < -0.39 is 10.0 Å². The molecule has 0 radical (unpaired) electrons. The van der Waals surface area contributed by atoms with E-state index >= 15 is 0 Å². The summed E-state index contributed by atoms with van der Waals surface area (Å²) in [4.78, 5) is 4.54. The summed E-state index contributed by atoms with van der Waals surface area (Å²) in [6.07, 6.45) is 3.13. The average molecular weight is 374 g/mol. The van der Waals surface area contributed by atoms with Gasteiger partial charge in [-0.1, -0.05) is 36.4 Å². The molecule has 6 heteroatoms. The molecule has 0 saturated heterocycles. The van der Waals surface area contributed by atoms with E-state index in [1.54, 1.807) is 42.6 Å². The first-order valence-corrected chi connectivity index (χ1v) is 9.84. The lowest BCUT2D eigenvalue weighted by molar-refractivity contribution is 0.588. The minimum atomic E-state index is -3.72. The number of aromatic nitrogens is 2. The van der Waals surface area contributed by atoms with Crippen molar-refractivity contribution < 1.29 is 12.8 Å². The third-order valence-corrected chi connectivity index (χ3v) is 6.23. The maximum absolute atomic E-state index is 13.0. The molecule has 0 N–H and O–H groups in total. The van der Waals surface area contributed by atoms with Gasteiger partial charge in [0.1, 0.15) is 11.3 Å². The summed E-state index contributed by atoms with van der Waals surface area (Å²) < 4.78 is 33.2. The Hall–Kier alpha value is -3.38. The third-order valence-electron chi connectivity index (χ3n) is 4.55. The molecule has 0 fully saturated rings. The summed E-state index contributed by atoms with van der Waals surface area (Å²) in [6.45, 7) is 0. The fourth-order valence-corrected chi connectivity index (χ4v) is 4.57. The van der Waals surface area contributed by atoms with Gasteiger partial charge in [0.25, 0.3) is 10.0 Å². The predicted octanol–water partition coefficient (Wildman–Crippen LogP) is 4.69. The van der Waals surface area contributed by atoms with E-state index in [0.717, 1.165) is 21.9 Å². The molecule has 0 aliphatic rings. The topological polar surface area (TPSA) is 65.1 Å².